The van der Waals surface area contributed by atoms with Crippen LogP contribution in [0, 0.1) is 5.92 Å². The van der Waals surface area contributed by atoms with Gasteiger partial charge >= 0.3 is 5.97 Å². The number of carbonyl (C=O) groups is 3. The summed E-state index contributed by atoms with van der Waals surface area (Å²) < 4.78 is 5.22. The summed E-state index contributed by atoms with van der Waals surface area (Å²) in [6.07, 6.45) is 3.80. The standard InChI is InChI=1S/C17H32N2O4/c1-12(2)15(18)16(22)19-13(20)10-8-6-7-9-11-14(21)23-17(3,4)5/h12,15H,6-11,18H2,1-5H3,(H,19,20,22)/t15-/m0/s1. The van der Waals surface area contributed by atoms with Gasteiger partial charge in [-0.3, -0.25) is 19.7 Å². The molecular formula is C17H32N2O4. The molecule has 0 saturated heterocycles. The average Bonchev–Trinajstić information content (AvgIpc) is 2.39. The number of unbranched alkanes of at least 4 members (excludes halogenated alkanes) is 3. The number of amides is 2. The van der Waals surface area contributed by atoms with Crippen LogP contribution in [-0.2, 0) is 19.1 Å². The lowest BCUT2D eigenvalue weighted by Crippen LogP contribution is -2.46. The fourth-order valence-electron chi connectivity index (χ4n) is 1.89. The van der Waals surface area contributed by atoms with Crippen LogP contribution in [0.1, 0.15) is 73.1 Å². The van der Waals surface area contributed by atoms with Gasteiger partial charge in [0.1, 0.15) is 5.60 Å². The Kier molecular flexibility index (Phi) is 9.72. The van der Waals surface area contributed by atoms with Gasteiger partial charge in [-0.25, -0.2) is 0 Å². The van der Waals surface area contributed by atoms with Gasteiger partial charge in [-0.15, -0.1) is 0 Å². The number of hydrogen-bond acceptors (Lipinski definition) is 5. The van der Waals surface area contributed by atoms with Gasteiger partial charge in [0.15, 0.2) is 0 Å². The summed E-state index contributed by atoms with van der Waals surface area (Å²) in [7, 11) is 0. The number of carbonyl (C=O) groups excluding carboxylic acids is 3. The first-order valence-corrected chi connectivity index (χ1v) is 8.34. The molecule has 0 radical (unpaired) electrons. The molecule has 0 fully saturated rings. The molecule has 134 valence electrons. The maximum absolute atomic E-state index is 11.6. The summed E-state index contributed by atoms with van der Waals surface area (Å²) in [5.74, 6) is -0.910. The molecule has 0 bridgehead atoms. The SMILES string of the molecule is CC(C)[C@H](N)C(=O)NC(=O)CCCCCCC(=O)OC(C)(C)C. The maximum Gasteiger partial charge on any atom is 0.306 e. The Balaban J connectivity index is 3.71. The Bertz CT molecular complexity index is 400. The molecule has 0 aliphatic heterocycles. The number of rotatable bonds is 9. The summed E-state index contributed by atoms with van der Waals surface area (Å²) in [5.41, 5.74) is 5.22. The molecule has 3 N–H and O–H groups in total. The van der Waals surface area contributed by atoms with E-state index in [2.05, 4.69) is 5.32 Å². The predicted molar refractivity (Wildman–Crippen MR) is 89.5 cm³/mol. The number of nitrogens with one attached hydrogen (secondary N) is 1. The average molecular weight is 328 g/mol. The fourth-order valence-corrected chi connectivity index (χ4v) is 1.89. The second kappa shape index (κ2) is 10.4. The number of ether oxygens (including phenoxy) is 1. The van der Waals surface area contributed by atoms with E-state index in [0.717, 1.165) is 19.3 Å². The van der Waals surface area contributed by atoms with E-state index in [4.69, 9.17) is 10.5 Å². The Morgan fingerprint density at radius 3 is 2.00 bits per heavy atom. The quantitative estimate of drug-likeness (QED) is 0.500. The van der Waals surface area contributed by atoms with Crippen molar-refractivity contribution in [2.24, 2.45) is 11.7 Å². The number of imide groups is 1. The minimum atomic E-state index is -0.659. The van der Waals surface area contributed by atoms with E-state index in [1.54, 1.807) is 0 Å². The Hall–Kier alpha value is -1.43. The molecule has 0 aromatic heterocycles. The second-order valence-electron chi connectivity index (χ2n) is 7.18. The largest absolute Gasteiger partial charge is 0.460 e. The van der Waals surface area contributed by atoms with Crippen molar-refractivity contribution in [2.75, 3.05) is 0 Å². The Labute approximate surface area is 139 Å². The van der Waals surface area contributed by atoms with E-state index in [9.17, 15) is 14.4 Å². The summed E-state index contributed by atoms with van der Waals surface area (Å²) in [6.45, 7) is 9.20. The third-order valence-electron chi connectivity index (χ3n) is 3.24. The molecule has 0 spiro atoms. The van der Waals surface area contributed by atoms with Crippen LogP contribution >= 0.6 is 0 Å². The molecule has 0 aliphatic carbocycles. The second-order valence-corrected chi connectivity index (χ2v) is 7.18. The molecule has 2 amide bonds. The van der Waals surface area contributed by atoms with Crippen LogP contribution in [0.5, 0.6) is 0 Å². The molecule has 0 rings (SSSR count). The zero-order valence-electron chi connectivity index (χ0n) is 15.1. The van der Waals surface area contributed by atoms with Crippen molar-refractivity contribution in [3.05, 3.63) is 0 Å². The van der Waals surface area contributed by atoms with Crippen LogP contribution in [0.15, 0.2) is 0 Å². The van der Waals surface area contributed by atoms with E-state index >= 15 is 0 Å². The predicted octanol–water partition coefficient (Wildman–Crippen LogP) is 2.29. The minimum Gasteiger partial charge on any atom is -0.460 e. The number of nitrogens with two attached hydrogens (primary N) is 1. The van der Waals surface area contributed by atoms with Gasteiger partial charge in [0.2, 0.25) is 11.8 Å². The fraction of sp³-hybridized carbons (Fsp3) is 0.824. The lowest BCUT2D eigenvalue weighted by Gasteiger charge is -2.19. The van der Waals surface area contributed by atoms with Gasteiger partial charge in [0.25, 0.3) is 0 Å². The van der Waals surface area contributed by atoms with Gasteiger partial charge in [-0.1, -0.05) is 26.7 Å². The summed E-state index contributed by atoms with van der Waals surface area (Å²) in [4.78, 5) is 34.7. The molecule has 0 saturated carbocycles. The third-order valence-corrected chi connectivity index (χ3v) is 3.24. The molecule has 6 heteroatoms. The summed E-state index contributed by atoms with van der Waals surface area (Å²) in [5, 5.41) is 2.32. The zero-order valence-corrected chi connectivity index (χ0v) is 15.1. The third kappa shape index (κ3) is 11.8. The van der Waals surface area contributed by atoms with Crippen LogP contribution in [0.25, 0.3) is 0 Å². The molecule has 0 unspecified atom stereocenters. The van der Waals surface area contributed by atoms with E-state index in [-0.39, 0.29) is 17.8 Å². The molecule has 0 aromatic rings. The minimum absolute atomic E-state index is 0.00402. The Morgan fingerprint density at radius 1 is 1.00 bits per heavy atom. The van der Waals surface area contributed by atoms with Crippen molar-refractivity contribution in [1.29, 1.82) is 0 Å². The molecular weight excluding hydrogens is 296 g/mol. The normalized spacial score (nSPS) is 12.8. The van der Waals surface area contributed by atoms with Crippen LogP contribution in [0.3, 0.4) is 0 Å². The van der Waals surface area contributed by atoms with E-state index in [0.29, 0.717) is 19.3 Å². The zero-order chi connectivity index (χ0) is 18.0. The van der Waals surface area contributed by atoms with E-state index < -0.39 is 17.6 Å². The molecule has 23 heavy (non-hydrogen) atoms. The highest BCUT2D eigenvalue weighted by molar-refractivity contribution is 5.97. The van der Waals surface area contributed by atoms with Gasteiger partial charge in [-0.2, -0.15) is 0 Å². The van der Waals surface area contributed by atoms with Crippen molar-refractivity contribution in [3.8, 4) is 0 Å². The number of esters is 1. The topological polar surface area (TPSA) is 98.5 Å². The van der Waals surface area contributed by atoms with Crippen LogP contribution < -0.4 is 11.1 Å². The highest BCUT2D eigenvalue weighted by Crippen LogP contribution is 2.11. The highest BCUT2D eigenvalue weighted by atomic mass is 16.6. The van der Waals surface area contributed by atoms with Crippen LogP contribution in [0.2, 0.25) is 0 Å². The van der Waals surface area contributed by atoms with Crippen molar-refractivity contribution >= 4 is 17.8 Å². The van der Waals surface area contributed by atoms with E-state index in [1.807, 2.05) is 34.6 Å². The lowest BCUT2D eigenvalue weighted by molar-refractivity contribution is -0.155. The van der Waals surface area contributed by atoms with Gasteiger partial charge in [0.05, 0.1) is 6.04 Å². The first kappa shape index (κ1) is 21.6. The van der Waals surface area contributed by atoms with Crippen LogP contribution in [0.4, 0.5) is 0 Å². The van der Waals surface area contributed by atoms with Gasteiger partial charge in [-0.05, 0) is 39.5 Å². The molecule has 0 aromatic carbocycles. The summed E-state index contributed by atoms with van der Waals surface area (Å²) in [6, 6.07) is -0.659. The van der Waals surface area contributed by atoms with Gasteiger partial charge < -0.3 is 10.5 Å². The van der Waals surface area contributed by atoms with Crippen LogP contribution in [-0.4, -0.2) is 29.4 Å². The van der Waals surface area contributed by atoms with E-state index in [1.165, 1.54) is 0 Å². The van der Waals surface area contributed by atoms with Crippen molar-refractivity contribution in [2.45, 2.75) is 84.8 Å². The van der Waals surface area contributed by atoms with Crippen molar-refractivity contribution < 1.29 is 19.1 Å². The Morgan fingerprint density at radius 2 is 1.52 bits per heavy atom. The lowest BCUT2D eigenvalue weighted by atomic mass is 10.0. The van der Waals surface area contributed by atoms with Crippen molar-refractivity contribution in [1.82, 2.24) is 5.32 Å². The molecule has 6 nitrogen and oxygen atoms in total. The van der Waals surface area contributed by atoms with Gasteiger partial charge in [0, 0.05) is 12.8 Å². The first-order chi connectivity index (χ1) is 10.5. The van der Waals surface area contributed by atoms with Crippen molar-refractivity contribution in [3.63, 3.8) is 0 Å². The smallest absolute Gasteiger partial charge is 0.306 e. The monoisotopic (exact) mass is 328 g/mol. The molecule has 0 heterocycles. The maximum atomic E-state index is 11.6. The molecule has 1 atom stereocenters. The molecule has 0 aliphatic rings. The number of hydrogen-bond donors (Lipinski definition) is 2. The first-order valence-electron chi connectivity index (χ1n) is 8.34. The highest BCUT2D eigenvalue weighted by Gasteiger charge is 2.19. The summed E-state index contributed by atoms with van der Waals surface area (Å²) >= 11 is 0.